The first-order chi connectivity index (χ1) is 22.9. The van der Waals surface area contributed by atoms with Crippen LogP contribution in [0.2, 0.25) is 0 Å². The van der Waals surface area contributed by atoms with Gasteiger partial charge in [0.15, 0.2) is 0 Å². The lowest BCUT2D eigenvalue weighted by Crippen LogP contribution is -2.01. The topological polar surface area (TPSA) is 113 Å². The van der Waals surface area contributed by atoms with E-state index in [-0.39, 0.29) is 6.61 Å². The zero-order chi connectivity index (χ0) is 37.3. The van der Waals surface area contributed by atoms with E-state index in [0.29, 0.717) is 0 Å². The van der Waals surface area contributed by atoms with Gasteiger partial charge in [-0.25, -0.2) is 9.13 Å². The molecule has 0 radical (unpaired) electrons. The quantitative estimate of drug-likeness (QED) is 0.0519. The molecule has 3 N–H and O–H groups in total. The molecule has 49 heavy (non-hydrogen) atoms. The SMILES string of the molecule is CC(C)=CCC/C(C)=C/CCC(C)CCCC(C)CCCC(C)CCC/C(C)=C/CC/C(C)=C/CC/C(C)=C/COP(=O)(O)OP(=O)(O)O. The smallest absolute Gasteiger partial charge is 0.302 e. The van der Waals surface area contributed by atoms with E-state index in [0.717, 1.165) is 49.0 Å². The van der Waals surface area contributed by atoms with Crippen molar-refractivity contribution in [1.29, 1.82) is 0 Å². The highest BCUT2D eigenvalue weighted by atomic mass is 31.3. The molecule has 0 saturated heterocycles. The number of phosphoric acid groups is 2. The molecule has 4 atom stereocenters. The highest BCUT2D eigenvalue weighted by Crippen LogP contribution is 2.57. The average Bonchev–Trinajstić information content (AvgIpc) is 2.95. The van der Waals surface area contributed by atoms with Crippen molar-refractivity contribution in [3.8, 4) is 0 Å². The number of hydrogen-bond donors (Lipinski definition) is 3. The van der Waals surface area contributed by atoms with E-state index < -0.39 is 15.6 Å². The van der Waals surface area contributed by atoms with E-state index in [2.05, 4.69) is 88.5 Å². The fourth-order valence-electron chi connectivity index (χ4n) is 5.93. The molecule has 0 spiro atoms. The Bertz CT molecular complexity index is 1140. The van der Waals surface area contributed by atoms with Crippen LogP contribution in [0, 0.1) is 17.8 Å². The van der Waals surface area contributed by atoms with Crippen molar-refractivity contribution in [1.82, 2.24) is 0 Å². The maximum Gasteiger partial charge on any atom is 0.481 e. The summed E-state index contributed by atoms with van der Waals surface area (Å²) in [5.74, 6) is 2.47. The third-order valence-corrected chi connectivity index (χ3v) is 11.4. The van der Waals surface area contributed by atoms with Crippen molar-refractivity contribution in [2.24, 2.45) is 17.8 Å². The lowest BCUT2D eigenvalue weighted by molar-refractivity contribution is 0.191. The third-order valence-electron chi connectivity index (χ3n) is 9.24. The maximum atomic E-state index is 11.5. The Labute approximate surface area is 301 Å². The molecule has 0 fully saturated rings. The highest BCUT2D eigenvalue weighted by Gasteiger charge is 2.31. The molecular formula is C40H74O7P2. The van der Waals surface area contributed by atoms with Crippen molar-refractivity contribution in [2.45, 2.75) is 171 Å². The molecule has 0 heterocycles. The first-order valence-electron chi connectivity index (χ1n) is 18.9. The van der Waals surface area contributed by atoms with Crippen LogP contribution in [0.25, 0.3) is 0 Å². The first kappa shape index (κ1) is 48.0. The molecule has 0 aromatic heterocycles. The van der Waals surface area contributed by atoms with E-state index in [9.17, 15) is 14.0 Å². The molecule has 9 heteroatoms. The molecule has 0 rings (SSSR count). The lowest BCUT2D eigenvalue weighted by atomic mass is 9.90. The van der Waals surface area contributed by atoms with Crippen LogP contribution in [0.15, 0.2) is 58.2 Å². The van der Waals surface area contributed by atoms with Gasteiger partial charge in [-0.3, -0.25) is 4.52 Å². The summed E-state index contributed by atoms with van der Waals surface area (Å²) in [6.45, 7) is 20.0. The summed E-state index contributed by atoms with van der Waals surface area (Å²) >= 11 is 0. The molecule has 4 unspecified atom stereocenters. The maximum absolute atomic E-state index is 11.5. The summed E-state index contributed by atoms with van der Waals surface area (Å²) < 4.78 is 30.5. The standard InChI is InChI=1S/C40H74O7P2/c1-33(2)17-10-18-34(3)19-11-20-35(4)21-12-22-36(5)23-13-24-37(6)25-14-26-38(7)27-15-28-39(8)29-16-30-40(9)31-32-46-49(44,45)47-48(41,42)43/h17,19,27,29,31,35-37H,10-16,18,20-26,28,30,32H2,1-9H3,(H,44,45)(H2,41,42,43)/b34-19+,38-27+,39-29+,40-31+. The molecule has 0 aromatic carbocycles. The van der Waals surface area contributed by atoms with E-state index in [1.54, 1.807) is 11.6 Å². The molecule has 0 bridgehead atoms. The zero-order valence-electron chi connectivity index (χ0n) is 32.7. The second-order valence-electron chi connectivity index (χ2n) is 15.1. The van der Waals surface area contributed by atoms with Crippen molar-refractivity contribution in [3.05, 3.63) is 58.2 Å². The van der Waals surface area contributed by atoms with Gasteiger partial charge in [-0.2, -0.15) is 4.31 Å². The Morgan fingerprint density at radius 2 is 0.918 bits per heavy atom. The van der Waals surface area contributed by atoms with Crippen molar-refractivity contribution in [2.75, 3.05) is 6.61 Å². The zero-order valence-corrected chi connectivity index (χ0v) is 34.5. The number of allylic oxidation sites excluding steroid dienone is 9. The van der Waals surface area contributed by atoms with E-state index >= 15 is 0 Å². The van der Waals surface area contributed by atoms with Gasteiger partial charge in [-0.05, 0) is 124 Å². The van der Waals surface area contributed by atoms with Crippen molar-refractivity contribution < 1.29 is 32.6 Å². The highest BCUT2D eigenvalue weighted by molar-refractivity contribution is 7.60. The summed E-state index contributed by atoms with van der Waals surface area (Å²) in [7, 11) is -9.89. The largest absolute Gasteiger partial charge is 0.481 e. The van der Waals surface area contributed by atoms with Crippen LogP contribution in [0.1, 0.15) is 171 Å². The van der Waals surface area contributed by atoms with Gasteiger partial charge in [0, 0.05) is 0 Å². The minimum atomic E-state index is -5.10. The van der Waals surface area contributed by atoms with Crippen LogP contribution in [-0.2, 0) is 18.0 Å². The second kappa shape index (κ2) is 27.6. The summed E-state index contributed by atoms with van der Waals surface area (Å²) in [6, 6.07) is 0. The van der Waals surface area contributed by atoms with Crippen LogP contribution in [0.3, 0.4) is 0 Å². The fourth-order valence-corrected chi connectivity index (χ4v) is 7.45. The van der Waals surface area contributed by atoms with Gasteiger partial charge >= 0.3 is 15.6 Å². The van der Waals surface area contributed by atoms with E-state index in [4.69, 9.17) is 9.79 Å². The molecule has 286 valence electrons. The van der Waals surface area contributed by atoms with E-state index in [1.807, 2.05) is 6.92 Å². The van der Waals surface area contributed by atoms with Gasteiger partial charge in [0.05, 0.1) is 6.61 Å². The van der Waals surface area contributed by atoms with Gasteiger partial charge < -0.3 is 14.7 Å². The Morgan fingerprint density at radius 3 is 1.39 bits per heavy atom. The first-order valence-corrected chi connectivity index (χ1v) is 21.9. The van der Waals surface area contributed by atoms with Crippen molar-refractivity contribution >= 4 is 15.6 Å². The van der Waals surface area contributed by atoms with Gasteiger partial charge in [0.25, 0.3) is 0 Å². The predicted octanol–water partition coefficient (Wildman–Crippen LogP) is 13.5. The monoisotopic (exact) mass is 728 g/mol. The van der Waals surface area contributed by atoms with E-state index in [1.165, 1.54) is 100 Å². The Morgan fingerprint density at radius 1 is 0.531 bits per heavy atom. The molecule has 0 aliphatic carbocycles. The summed E-state index contributed by atoms with van der Waals surface area (Å²) in [5, 5.41) is 0. The van der Waals surface area contributed by atoms with Crippen LogP contribution in [-0.4, -0.2) is 21.3 Å². The van der Waals surface area contributed by atoms with Crippen molar-refractivity contribution in [3.63, 3.8) is 0 Å². The van der Waals surface area contributed by atoms with Crippen LogP contribution < -0.4 is 0 Å². The van der Waals surface area contributed by atoms with Gasteiger partial charge in [0.1, 0.15) is 0 Å². The normalized spacial score (nSPS) is 16.7. The predicted molar refractivity (Wildman–Crippen MR) is 209 cm³/mol. The number of hydrogen-bond acceptors (Lipinski definition) is 4. The summed E-state index contributed by atoms with van der Waals surface area (Å²) in [5.41, 5.74) is 6.74. The lowest BCUT2D eigenvalue weighted by Gasteiger charge is -2.16. The molecule has 0 saturated carbocycles. The minimum absolute atomic E-state index is 0.263. The Balaban J connectivity index is 4.03. The fraction of sp³-hybridized carbons (Fsp3) is 0.750. The molecule has 0 aliphatic heterocycles. The summed E-state index contributed by atoms with van der Waals surface area (Å²) in [6.07, 6.45) is 31.6. The third kappa shape index (κ3) is 32.6. The Hall–Kier alpha value is -1.04. The minimum Gasteiger partial charge on any atom is -0.302 e. The van der Waals surface area contributed by atoms with Gasteiger partial charge in [0.2, 0.25) is 0 Å². The summed E-state index contributed by atoms with van der Waals surface area (Å²) in [4.78, 5) is 26.6. The number of rotatable bonds is 29. The Kier molecular flexibility index (Phi) is 27.0. The molecule has 0 aliphatic rings. The molecular weight excluding hydrogens is 654 g/mol. The van der Waals surface area contributed by atoms with Gasteiger partial charge in [-0.1, -0.05) is 124 Å². The van der Waals surface area contributed by atoms with Crippen LogP contribution >= 0.6 is 15.6 Å². The molecule has 0 aromatic rings. The second-order valence-corrected chi connectivity index (χ2v) is 17.9. The average molecular weight is 729 g/mol. The van der Waals surface area contributed by atoms with Crippen LogP contribution in [0.5, 0.6) is 0 Å². The van der Waals surface area contributed by atoms with Gasteiger partial charge in [-0.15, -0.1) is 0 Å². The molecule has 7 nitrogen and oxygen atoms in total. The number of phosphoric ester groups is 1. The molecule has 0 amide bonds. The van der Waals surface area contributed by atoms with Crippen LogP contribution in [0.4, 0.5) is 0 Å².